The molecule has 178 valence electrons. The summed E-state index contributed by atoms with van der Waals surface area (Å²) in [6.45, 7) is 9.74. The molecule has 2 fully saturated rings. The number of ether oxygens (including phenoxy) is 1. The molecule has 0 unspecified atom stereocenters. The van der Waals surface area contributed by atoms with Gasteiger partial charge in [-0.15, -0.1) is 0 Å². The number of aryl methyl sites for hydroxylation is 1. The van der Waals surface area contributed by atoms with Gasteiger partial charge in [-0.05, 0) is 77.9 Å². The van der Waals surface area contributed by atoms with Crippen LogP contribution < -0.4 is 5.32 Å². The summed E-state index contributed by atoms with van der Waals surface area (Å²) in [7, 11) is 0. The lowest BCUT2D eigenvalue weighted by Gasteiger charge is -2.32. The lowest BCUT2D eigenvalue weighted by Crippen LogP contribution is -2.42. The Balaban J connectivity index is 1.53. The van der Waals surface area contributed by atoms with Gasteiger partial charge in [-0.3, -0.25) is 9.88 Å². The molecule has 1 N–H and O–H groups in total. The van der Waals surface area contributed by atoms with Crippen molar-refractivity contribution in [1.82, 2.24) is 24.7 Å². The fourth-order valence-electron chi connectivity index (χ4n) is 5.15. The average Bonchev–Trinajstić information content (AvgIpc) is 3.34. The van der Waals surface area contributed by atoms with E-state index in [0.717, 1.165) is 60.4 Å². The van der Waals surface area contributed by atoms with E-state index in [9.17, 15) is 0 Å². The van der Waals surface area contributed by atoms with Crippen LogP contribution in [0, 0.1) is 13.8 Å². The van der Waals surface area contributed by atoms with Gasteiger partial charge in [0.15, 0.2) is 5.11 Å². The third-order valence-corrected chi connectivity index (χ3v) is 7.86. The van der Waals surface area contributed by atoms with Gasteiger partial charge in [0, 0.05) is 48.2 Å². The molecule has 0 aliphatic carbocycles. The molecule has 0 amide bonds. The van der Waals surface area contributed by atoms with Crippen molar-refractivity contribution in [1.29, 1.82) is 0 Å². The number of aromatic nitrogens is 2. The predicted octanol–water partition coefficient (Wildman–Crippen LogP) is 4.56. The Morgan fingerprint density at radius 1 is 1.09 bits per heavy atom. The van der Waals surface area contributed by atoms with E-state index in [1.165, 1.54) is 17.0 Å². The van der Waals surface area contributed by atoms with Crippen molar-refractivity contribution in [3.63, 3.8) is 0 Å². The van der Waals surface area contributed by atoms with Crippen LogP contribution in [-0.4, -0.2) is 63.9 Å². The van der Waals surface area contributed by atoms with Crippen molar-refractivity contribution in [2.45, 2.75) is 25.9 Å². The fourth-order valence-corrected chi connectivity index (χ4v) is 5.94. The van der Waals surface area contributed by atoms with Crippen molar-refractivity contribution in [3.8, 4) is 5.69 Å². The Morgan fingerprint density at radius 2 is 1.85 bits per heavy atom. The monoisotopic (exact) mass is 539 g/mol. The number of halogens is 1. The number of thiocarbonyl (C=S) groups is 1. The highest BCUT2D eigenvalue weighted by atomic mass is 79.9. The highest BCUT2D eigenvalue weighted by Gasteiger charge is 2.41. The lowest BCUT2D eigenvalue weighted by molar-refractivity contribution is 0.0350. The molecule has 1 aromatic carbocycles. The second-order valence-electron chi connectivity index (χ2n) is 8.89. The Kier molecular flexibility index (Phi) is 7.01. The first-order chi connectivity index (χ1) is 16.5. The van der Waals surface area contributed by atoms with E-state index in [1.54, 1.807) is 0 Å². The topological polar surface area (TPSA) is 45.6 Å². The van der Waals surface area contributed by atoms with Crippen molar-refractivity contribution >= 4 is 33.3 Å². The molecule has 0 saturated carbocycles. The molecular formula is C26H30BrN5OS. The van der Waals surface area contributed by atoms with Crippen LogP contribution in [-0.2, 0) is 4.74 Å². The number of pyridine rings is 1. The number of hydrogen-bond acceptors (Lipinski definition) is 4. The van der Waals surface area contributed by atoms with E-state index < -0.39 is 0 Å². The summed E-state index contributed by atoms with van der Waals surface area (Å²) in [5, 5.41) is 4.39. The Hall–Kier alpha value is -2.26. The van der Waals surface area contributed by atoms with Gasteiger partial charge < -0.3 is 19.5 Å². The highest BCUT2D eigenvalue weighted by Crippen LogP contribution is 2.41. The number of morpholine rings is 1. The molecule has 0 spiro atoms. The minimum Gasteiger partial charge on any atom is -0.379 e. The standard InChI is InChI=1S/C26H30BrN5OS/c1-18-17-20(19(2)32(18)23-9-4-3-7-21(23)27)25-24(22-8-5-6-10-28-22)29-26(34)31(25)12-11-30-13-15-33-16-14-30/h3-10,17,24-25H,11-16H2,1-2H3,(H,29,34)/t24-,25-/m1/s1. The van der Waals surface area contributed by atoms with E-state index in [1.807, 2.05) is 24.4 Å². The smallest absolute Gasteiger partial charge is 0.170 e. The normalized spacial score (nSPS) is 21.1. The molecule has 34 heavy (non-hydrogen) atoms. The number of nitrogens with one attached hydrogen (secondary N) is 1. The summed E-state index contributed by atoms with van der Waals surface area (Å²) >= 11 is 9.63. The average molecular weight is 541 g/mol. The Morgan fingerprint density at radius 3 is 2.59 bits per heavy atom. The Bertz CT molecular complexity index is 1160. The van der Waals surface area contributed by atoms with Gasteiger partial charge in [0.25, 0.3) is 0 Å². The predicted molar refractivity (Wildman–Crippen MR) is 142 cm³/mol. The van der Waals surface area contributed by atoms with Gasteiger partial charge in [0.2, 0.25) is 0 Å². The van der Waals surface area contributed by atoms with E-state index in [2.05, 4.69) is 79.8 Å². The van der Waals surface area contributed by atoms with Crippen LogP contribution in [0.1, 0.15) is 34.7 Å². The molecule has 2 atom stereocenters. The zero-order chi connectivity index (χ0) is 23.7. The highest BCUT2D eigenvalue weighted by molar-refractivity contribution is 9.10. The van der Waals surface area contributed by atoms with Gasteiger partial charge in [-0.2, -0.15) is 0 Å². The maximum absolute atomic E-state index is 5.89. The van der Waals surface area contributed by atoms with E-state index in [0.29, 0.717) is 0 Å². The number of rotatable bonds is 6. The van der Waals surface area contributed by atoms with Crippen LogP contribution in [0.5, 0.6) is 0 Å². The minimum atomic E-state index is -0.00782. The third kappa shape index (κ3) is 4.52. The minimum absolute atomic E-state index is 0.00782. The summed E-state index contributed by atoms with van der Waals surface area (Å²) in [6.07, 6.45) is 1.86. The van der Waals surface area contributed by atoms with Crippen LogP contribution in [0.25, 0.3) is 5.69 Å². The van der Waals surface area contributed by atoms with Crippen LogP contribution in [0.4, 0.5) is 0 Å². The van der Waals surface area contributed by atoms with Crippen molar-refractivity contribution in [2.75, 3.05) is 39.4 Å². The molecule has 5 rings (SSSR count). The van der Waals surface area contributed by atoms with E-state index >= 15 is 0 Å². The number of para-hydroxylation sites is 1. The maximum atomic E-state index is 5.89. The first-order valence-electron chi connectivity index (χ1n) is 11.8. The molecule has 0 bridgehead atoms. The van der Waals surface area contributed by atoms with Gasteiger partial charge in [-0.1, -0.05) is 18.2 Å². The molecule has 0 radical (unpaired) electrons. The van der Waals surface area contributed by atoms with Crippen molar-refractivity contribution in [3.05, 3.63) is 81.8 Å². The van der Waals surface area contributed by atoms with Crippen LogP contribution >= 0.6 is 28.1 Å². The molecule has 2 saturated heterocycles. The van der Waals surface area contributed by atoms with Gasteiger partial charge in [0.05, 0.1) is 36.7 Å². The summed E-state index contributed by atoms with van der Waals surface area (Å²) in [5.74, 6) is 0. The summed E-state index contributed by atoms with van der Waals surface area (Å²) in [6, 6.07) is 16.8. The van der Waals surface area contributed by atoms with Crippen molar-refractivity contribution in [2.24, 2.45) is 0 Å². The quantitative estimate of drug-likeness (QED) is 0.463. The summed E-state index contributed by atoms with van der Waals surface area (Å²) in [4.78, 5) is 9.51. The lowest BCUT2D eigenvalue weighted by atomic mass is 9.96. The largest absolute Gasteiger partial charge is 0.379 e. The third-order valence-electron chi connectivity index (χ3n) is 6.84. The first kappa shape index (κ1) is 23.5. The number of hydrogen-bond donors (Lipinski definition) is 1. The zero-order valence-electron chi connectivity index (χ0n) is 19.6. The van der Waals surface area contributed by atoms with Gasteiger partial charge >= 0.3 is 0 Å². The second kappa shape index (κ2) is 10.2. The zero-order valence-corrected chi connectivity index (χ0v) is 22.0. The SMILES string of the molecule is Cc1cc([C@@H]2[C@@H](c3ccccn3)NC(=S)N2CCN2CCOCC2)c(C)n1-c1ccccc1Br. The fraction of sp³-hybridized carbons (Fsp3) is 0.385. The summed E-state index contributed by atoms with van der Waals surface area (Å²) < 4.78 is 8.94. The number of nitrogens with zero attached hydrogens (tertiary/aromatic N) is 4. The molecule has 2 aliphatic rings. The van der Waals surface area contributed by atoms with Crippen molar-refractivity contribution < 1.29 is 4.74 Å². The van der Waals surface area contributed by atoms with Gasteiger partial charge in [-0.25, -0.2) is 0 Å². The second-order valence-corrected chi connectivity index (χ2v) is 10.1. The maximum Gasteiger partial charge on any atom is 0.170 e. The molecule has 2 aromatic heterocycles. The summed E-state index contributed by atoms with van der Waals surface area (Å²) in [5.41, 5.74) is 5.85. The molecule has 8 heteroatoms. The first-order valence-corrected chi connectivity index (χ1v) is 13.0. The van der Waals surface area contributed by atoms with Gasteiger partial charge in [0.1, 0.15) is 0 Å². The number of benzene rings is 1. The molecule has 2 aliphatic heterocycles. The Labute approximate surface area is 215 Å². The van der Waals surface area contributed by atoms with E-state index in [-0.39, 0.29) is 12.1 Å². The molecule has 4 heterocycles. The van der Waals surface area contributed by atoms with E-state index in [4.69, 9.17) is 21.9 Å². The van der Waals surface area contributed by atoms with Crippen LogP contribution in [0.15, 0.2) is 59.2 Å². The molecule has 6 nitrogen and oxygen atoms in total. The molecule has 3 aromatic rings. The molecular weight excluding hydrogens is 510 g/mol. The van der Waals surface area contributed by atoms with Crippen LogP contribution in [0.3, 0.4) is 0 Å². The van der Waals surface area contributed by atoms with Crippen LogP contribution in [0.2, 0.25) is 0 Å².